The summed E-state index contributed by atoms with van der Waals surface area (Å²) in [4.78, 5) is 35.8. The summed E-state index contributed by atoms with van der Waals surface area (Å²) < 4.78 is 69.7. The van der Waals surface area contributed by atoms with Crippen molar-refractivity contribution in [3.05, 3.63) is 51.9 Å². The van der Waals surface area contributed by atoms with Crippen LogP contribution in [-0.4, -0.2) is 64.0 Å². The molecule has 4 rings (SSSR count). The number of aliphatic carboxylic acids is 1. The fourth-order valence-corrected chi connectivity index (χ4v) is 6.61. The number of alkyl halides is 3. The van der Waals surface area contributed by atoms with Gasteiger partial charge in [0.15, 0.2) is 15.3 Å². The minimum Gasteiger partial charge on any atom is -0.480 e. The SMILES string of the molecule is Cc1ccc(=O)n(-c2ccc(S(=O)(=O)[C@@H]3C[C@@H](C(=O)O)N(C4CC4(C#N)C(N)=O)C3)c(C(F)(F)F)c2)n1.Cl. The predicted molar refractivity (Wildman–Crippen MR) is 126 cm³/mol. The third-order valence-electron chi connectivity index (χ3n) is 6.74. The molecule has 16 heteroatoms. The van der Waals surface area contributed by atoms with Gasteiger partial charge in [0, 0.05) is 18.7 Å². The minimum atomic E-state index is -5.14. The molecule has 1 amide bonds. The van der Waals surface area contributed by atoms with E-state index in [9.17, 15) is 46.3 Å². The molecule has 0 radical (unpaired) electrons. The van der Waals surface area contributed by atoms with Gasteiger partial charge < -0.3 is 10.8 Å². The molecule has 38 heavy (non-hydrogen) atoms. The number of aromatic nitrogens is 2. The van der Waals surface area contributed by atoms with E-state index in [1.165, 1.54) is 13.0 Å². The number of primary amides is 1. The molecule has 2 unspecified atom stereocenters. The fraction of sp³-hybridized carbons (Fsp3) is 0.409. The second kappa shape index (κ2) is 9.68. The number of nitriles is 1. The van der Waals surface area contributed by atoms with Gasteiger partial charge in [-0.2, -0.15) is 28.2 Å². The molecule has 2 fully saturated rings. The van der Waals surface area contributed by atoms with Crippen LogP contribution in [0.3, 0.4) is 0 Å². The zero-order valence-corrected chi connectivity index (χ0v) is 21.2. The van der Waals surface area contributed by atoms with Crippen molar-refractivity contribution < 1.29 is 36.3 Å². The monoisotopic (exact) mass is 575 g/mol. The maximum Gasteiger partial charge on any atom is 0.417 e. The minimum absolute atomic E-state index is 0. The highest BCUT2D eigenvalue weighted by Crippen LogP contribution is 2.51. The van der Waals surface area contributed by atoms with Crippen molar-refractivity contribution in [1.82, 2.24) is 14.7 Å². The standard InChI is InChI=1S/C22H20F3N5O6S.ClH/c1-11-2-5-18(31)30(28-11)12-3-4-16(14(6-12)22(23,24)25)37(35,36)13-7-15(19(32)33)29(9-13)17-8-21(17,10-26)20(27)34;/h2-6,13,15,17H,7-9H2,1H3,(H2,27,34)(H,32,33);1H/t13-,15+,17?,21?;/m1./s1. The summed E-state index contributed by atoms with van der Waals surface area (Å²) in [5.74, 6) is -2.44. The molecule has 1 saturated carbocycles. The van der Waals surface area contributed by atoms with Gasteiger partial charge in [0.2, 0.25) is 5.91 Å². The Hall–Kier alpha value is -3.48. The van der Waals surface area contributed by atoms with Gasteiger partial charge >= 0.3 is 12.1 Å². The number of amides is 1. The summed E-state index contributed by atoms with van der Waals surface area (Å²) in [6.45, 7) is 1.00. The van der Waals surface area contributed by atoms with Crippen molar-refractivity contribution in [2.45, 2.75) is 48.2 Å². The largest absolute Gasteiger partial charge is 0.480 e. The molecule has 204 valence electrons. The molecule has 11 nitrogen and oxygen atoms in total. The first kappa shape index (κ1) is 29.1. The molecule has 0 spiro atoms. The van der Waals surface area contributed by atoms with Crippen LogP contribution in [0.1, 0.15) is 24.1 Å². The van der Waals surface area contributed by atoms with Crippen LogP contribution in [-0.2, 0) is 25.6 Å². The van der Waals surface area contributed by atoms with Gasteiger partial charge in [0.05, 0.1) is 33.2 Å². The number of sulfone groups is 1. The molecule has 3 N–H and O–H groups in total. The number of hydrogen-bond acceptors (Lipinski definition) is 8. The van der Waals surface area contributed by atoms with Gasteiger partial charge in [-0.3, -0.25) is 19.3 Å². The average Bonchev–Trinajstić information content (AvgIpc) is 3.40. The Labute approximate surface area is 220 Å². The van der Waals surface area contributed by atoms with Gasteiger partial charge in [-0.05, 0) is 44.0 Å². The average molecular weight is 576 g/mol. The van der Waals surface area contributed by atoms with Gasteiger partial charge in [0.25, 0.3) is 5.56 Å². The number of carbonyl (C=O) groups excluding carboxylic acids is 1. The van der Waals surface area contributed by atoms with E-state index in [1.54, 1.807) is 6.07 Å². The smallest absolute Gasteiger partial charge is 0.417 e. The molecule has 2 aliphatic rings. The summed E-state index contributed by atoms with van der Waals surface area (Å²) in [7, 11) is -4.77. The lowest BCUT2D eigenvalue weighted by Crippen LogP contribution is -2.42. The van der Waals surface area contributed by atoms with E-state index in [0.717, 1.165) is 17.0 Å². The Balaban J connectivity index is 0.00000400. The first-order chi connectivity index (χ1) is 17.1. The highest BCUT2D eigenvalue weighted by Gasteiger charge is 2.66. The van der Waals surface area contributed by atoms with E-state index in [4.69, 9.17) is 5.73 Å². The Morgan fingerprint density at radius 1 is 1.26 bits per heavy atom. The fourth-order valence-electron chi connectivity index (χ4n) is 4.71. The number of carbonyl (C=O) groups is 2. The molecule has 4 atom stereocenters. The van der Waals surface area contributed by atoms with E-state index >= 15 is 0 Å². The number of hydrogen-bond donors (Lipinski definition) is 2. The summed E-state index contributed by atoms with van der Waals surface area (Å²) >= 11 is 0. The third kappa shape index (κ3) is 4.74. The van der Waals surface area contributed by atoms with E-state index in [2.05, 4.69) is 5.10 Å². The number of halogens is 4. The third-order valence-corrected chi connectivity index (χ3v) is 8.93. The van der Waals surface area contributed by atoms with E-state index in [0.29, 0.717) is 22.5 Å². The first-order valence-corrected chi connectivity index (χ1v) is 12.4. The molecule has 2 aromatic rings. The second-order valence-corrected chi connectivity index (χ2v) is 11.2. The molecule has 1 aromatic heterocycles. The van der Waals surface area contributed by atoms with Crippen LogP contribution in [0.25, 0.3) is 5.69 Å². The molecular weight excluding hydrogens is 555 g/mol. The Kier molecular flexibility index (Phi) is 7.41. The second-order valence-electron chi connectivity index (χ2n) is 9.02. The zero-order chi connectivity index (χ0) is 27.5. The lowest BCUT2D eigenvalue weighted by atomic mass is 10.1. The van der Waals surface area contributed by atoms with Gasteiger partial charge in [-0.1, -0.05) is 0 Å². The topological polar surface area (TPSA) is 176 Å². The van der Waals surface area contributed by atoms with Crippen molar-refractivity contribution in [3.8, 4) is 11.8 Å². The normalized spacial score (nSPS) is 25.3. The number of carboxylic acid groups (broad SMARTS) is 1. The van der Waals surface area contributed by atoms with Crippen molar-refractivity contribution in [3.63, 3.8) is 0 Å². The number of aryl methyl sites for hydroxylation is 1. The molecule has 1 saturated heterocycles. The van der Waals surface area contributed by atoms with Crippen LogP contribution in [0.4, 0.5) is 13.2 Å². The Morgan fingerprint density at radius 2 is 1.92 bits per heavy atom. The molecule has 1 aliphatic heterocycles. The summed E-state index contributed by atoms with van der Waals surface area (Å²) in [5, 5.41) is 21.3. The zero-order valence-electron chi connectivity index (χ0n) is 19.5. The maximum absolute atomic E-state index is 14.0. The summed E-state index contributed by atoms with van der Waals surface area (Å²) in [6, 6.07) is 4.00. The van der Waals surface area contributed by atoms with Crippen LogP contribution < -0.4 is 11.3 Å². The van der Waals surface area contributed by atoms with E-state index in [1.807, 2.05) is 0 Å². The van der Waals surface area contributed by atoms with E-state index in [-0.39, 0.29) is 24.5 Å². The lowest BCUT2D eigenvalue weighted by molar-refractivity contribution is -0.143. The van der Waals surface area contributed by atoms with Gasteiger partial charge in [0.1, 0.15) is 6.04 Å². The van der Waals surface area contributed by atoms with Gasteiger partial charge in [-0.25, -0.2) is 8.42 Å². The molecule has 1 aliphatic carbocycles. The van der Waals surface area contributed by atoms with Crippen molar-refractivity contribution >= 4 is 34.1 Å². The number of nitrogens with zero attached hydrogens (tertiary/aromatic N) is 4. The van der Waals surface area contributed by atoms with Crippen LogP contribution in [0.15, 0.2) is 40.0 Å². The van der Waals surface area contributed by atoms with Crippen molar-refractivity contribution in [1.29, 1.82) is 5.26 Å². The molecule has 1 aromatic carbocycles. The van der Waals surface area contributed by atoms with E-state index < -0.39 is 79.6 Å². The summed E-state index contributed by atoms with van der Waals surface area (Å²) in [5.41, 5.74) is 1.33. The first-order valence-electron chi connectivity index (χ1n) is 10.9. The predicted octanol–water partition coefficient (Wildman–Crippen LogP) is 1.05. The Bertz CT molecular complexity index is 1520. The highest BCUT2D eigenvalue weighted by molar-refractivity contribution is 7.92. The molecular formula is C22H21ClF3N5O6S. The number of benzene rings is 1. The Morgan fingerprint density at radius 3 is 2.45 bits per heavy atom. The number of rotatable bonds is 6. The van der Waals surface area contributed by atoms with Gasteiger partial charge in [-0.15, -0.1) is 12.4 Å². The highest BCUT2D eigenvalue weighted by atomic mass is 35.5. The maximum atomic E-state index is 14.0. The number of likely N-dealkylation sites (tertiary alicyclic amines) is 1. The molecule has 0 bridgehead atoms. The number of carboxylic acids is 1. The van der Waals surface area contributed by atoms with Crippen LogP contribution in [0.5, 0.6) is 0 Å². The van der Waals surface area contributed by atoms with Crippen molar-refractivity contribution in [2.24, 2.45) is 11.1 Å². The van der Waals surface area contributed by atoms with Crippen LogP contribution in [0.2, 0.25) is 0 Å². The van der Waals surface area contributed by atoms with Crippen LogP contribution in [0, 0.1) is 23.7 Å². The van der Waals surface area contributed by atoms with Crippen molar-refractivity contribution in [2.75, 3.05) is 6.54 Å². The molecule has 2 heterocycles. The quantitative estimate of drug-likeness (QED) is 0.509. The summed E-state index contributed by atoms with van der Waals surface area (Å²) in [6.07, 6.45) is -5.82. The lowest BCUT2D eigenvalue weighted by Gasteiger charge is -2.22. The number of nitrogens with two attached hydrogens (primary N) is 1. The van der Waals surface area contributed by atoms with Crippen LogP contribution >= 0.6 is 12.4 Å².